The number of benzene rings is 2. The van der Waals surface area contributed by atoms with E-state index in [-0.39, 0.29) is 0 Å². The number of aromatic nitrogens is 4. The van der Waals surface area contributed by atoms with Gasteiger partial charge in [0, 0.05) is 6.54 Å². The van der Waals surface area contributed by atoms with Gasteiger partial charge in [0.05, 0.1) is 13.2 Å². The second-order valence-electron chi connectivity index (χ2n) is 6.32. The molecule has 0 atom stereocenters. The van der Waals surface area contributed by atoms with Gasteiger partial charge in [-0.2, -0.15) is 0 Å². The van der Waals surface area contributed by atoms with Crippen LogP contribution in [0.2, 0.25) is 0 Å². The summed E-state index contributed by atoms with van der Waals surface area (Å²) in [5, 5.41) is 14.8. The zero-order valence-electron chi connectivity index (χ0n) is 16.3. The van der Waals surface area contributed by atoms with Gasteiger partial charge in [-0.25, -0.2) is 4.68 Å². The molecule has 0 bridgehead atoms. The fourth-order valence-corrected chi connectivity index (χ4v) is 2.65. The molecule has 1 heterocycles. The van der Waals surface area contributed by atoms with Crippen molar-refractivity contribution in [3.8, 4) is 11.5 Å². The van der Waals surface area contributed by atoms with Crippen molar-refractivity contribution >= 4 is 5.95 Å². The van der Waals surface area contributed by atoms with E-state index in [1.807, 2.05) is 25.1 Å². The molecule has 0 aliphatic rings. The van der Waals surface area contributed by atoms with E-state index in [1.54, 1.807) is 10.8 Å². The number of hydrogen-bond donors (Lipinski definition) is 1. The summed E-state index contributed by atoms with van der Waals surface area (Å²) in [5.74, 6) is 2.04. The van der Waals surface area contributed by atoms with Crippen molar-refractivity contribution in [3.05, 3.63) is 71.8 Å². The summed E-state index contributed by atoms with van der Waals surface area (Å²) in [4.78, 5) is 0. The summed E-state index contributed by atoms with van der Waals surface area (Å²) in [6.45, 7) is 9.90. The molecule has 146 valence electrons. The molecule has 28 heavy (non-hydrogen) atoms. The third-order valence-corrected chi connectivity index (χ3v) is 4.11. The smallest absolute Gasteiger partial charge is 0.243 e. The van der Waals surface area contributed by atoms with Crippen molar-refractivity contribution in [3.63, 3.8) is 0 Å². The quantitative estimate of drug-likeness (QED) is 0.541. The maximum absolute atomic E-state index is 5.98. The topological polar surface area (TPSA) is 74.1 Å². The van der Waals surface area contributed by atoms with Crippen LogP contribution in [-0.4, -0.2) is 26.8 Å². The first-order valence-electron chi connectivity index (χ1n) is 9.24. The van der Waals surface area contributed by atoms with Gasteiger partial charge in [-0.15, -0.1) is 6.58 Å². The van der Waals surface area contributed by atoms with E-state index in [0.29, 0.717) is 32.3 Å². The molecule has 3 aromatic rings. The number of nitrogens with zero attached hydrogens (tertiary/aromatic N) is 4. The Kier molecular flexibility index (Phi) is 6.62. The maximum atomic E-state index is 5.98. The molecule has 1 N–H and O–H groups in total. The van der Waals surface area contributed by atoms with Crippen molar-refractivity contribution < 1.29 is 9.47 Å². The monoisotopic (exact) mass is 379 g/mol. The van der Waals surface area contributed by atoms with E-state index >= 15 is 0 Å². The van der Waals surface area contributed by atoms with E-state index in [0.717, 1.165) is 22.6 Å². The molecule has 0 amide bonds. The Bertz CT molecular complexity index is 905. The summed E-state index contributed by atoms with van der Waals surface area (Å²) in [6, 6.07) is 14.2. The molecule has 3 rings (SSSR count). The van der Waals surface area contributed by atoms with E-state index in [4.69, 9.17) is 9.47 Å². The van der Waals surface area contributed by atoms with Crippen LogP contribution in [0, 0.1) is 6.92 Å². The average molecular weight is 379 g/mol. The first-order chi connectivity index (χ1) is 13.7. The van der Waals surface area contributed by atoms with Crippen LogP contribution < -0.4 is 14.8 Å². The van der Waals surface area contributed by atoms with Crippen LogP contribution in [0.3, 0.4) is 0 Å². The third-order valence-electron chi connectivity index (χ3n) is 4.11. The third kappa shape index (κ3) is 5.09. The average Bonchev–Trinajstić information content (AvgIpc) is 3.14. The number of nitrogens with one attached hydrogen (secondary N) is 1. The zero-order chi connectivity index (χ0) is 19.8. The number of tetrazole rings is 1. The Labute approximate surface area is 165 Å². The first-order valence-corrected chi connectivity index (χ1v) is 9.24. The largest absolute Gasteiger partial charge is 0.490 e. The van der Waals surface area contributed by atoms with Gasteiger partial charge in [0.15, 0.2) is 11.5 Å². The second-order valence-corrected chi connectivity index (χ2v) is 6.32. The SMILES string of the molecule is C=CCn1nnnc1NCc1ccc(OCc2ccc(C)cc2)c(OCC)c1. The lowest BCUT2D eigenvalue weighted by molar-refractivity contribution is 0.269. The van der Waals surface area contributed by atoms with Crippen molar-refractivity contribution in [1.29, 1.82) is 0 Å². The predicted octanol–water partition coefficient (Wildman–Crippen LogP) is 3.76. The Morgan fingerprint density at radius 3 is 2.61 bits per heavy atom. The van der Waals surface area contributed by atoms with Crippen molar-refractivity contribution in [2.24, 2.45) is 0 Å². The molecule has 7 heteroatoms. The normalized spacial score (nSPS) is 10.5. The molecular formula is C21H25N5O2. The Balaban J connectivity index is 1.66. The fourth-order valence-electron chi connectivity index (χ4n) is 2.65. The molecule has 0 unspecified atom stereocenters. The van der Waals surface area contributed by atoms with E-state index < -0.39 is 0 Å². The minimum Gasteiger partial charge on any atom is -0.490 e. The van der Waals surface area contributed by atoms with Crippen LogP contribution in [-0.2, 0) is 19.7 Å². The van der Waals surface area contributed by atoms with Crippen molar-refractivity contribution in [2.75, 3.05) is 11.9 Å². The Morgan fingerprint density at radius 1 is 1.07 bits per heavy atom. The summed E-state index contributed by atoms with van der Waals surface area (Å²) in [6.07, 6.45) is 1.74. The standard InChI is InChI=1S/C21H25N5O2/c1-4-12-26-21(23-24-25-26)22-14-18-10-11-19(20(13-18)27-5-2)28-15-17-8-6-16(3)7-9-17/h4,6-11,13H,1,5,12,14-15H2,2-3H3,(H,22,23,25). The molecule has 0 radical (unpaired) electrons. The summed E-state index contributed by atoms with van der Waals surface area (Å²) in [7, 11) is 0. The molecule has 7 nitrogen and oxygen atoms in total. The molecule has 0 saturated heterocycles. The minimum atomic E-state index is 0.494. The molecule has 2 aromatic carbocycles. The number of allylic oxidation sites excluding steroid dienone is 1. The lowest BCUT2D eigenvalue weighted by Gasteiger charge is -2.14. The van der Waals surface area contributed by atoms with Crippen LogP contribution in [0.1, 0.15) is 23.6 Å². The van der Waals surface area contributed by atoms with Gasteiger partial charge in [-0.05, 0) is 47.5 Å². The van der Waals surface area contributed by atoms with E-state index in [9.17, 15) is 0 Å². The molecule has 0 fully saturated rings. The summed E-state index contributed by atoms with van der Waals surface area (Å²) < 4.78 is 13.4. The number of rotatable bonds is 10. The summed E-state index contributed by atoms with van der Waals surface area (Å²) in [5.41, 5.74) is 3.39. The molecule has 0 aliphatic carbocycles. The molecule has 0 spiro atoms. The van der Waals surface area contributed by atoms with Gasteiger partial charge in [0.1, 0.15) is 6.61 Å². The van der Waals surface area contributed by atoms with Crippen molar-refractivity contribution in [2.45, 2.75) is 33.5 Å². The van der Waals surface area contributed by atoms with Crippen LogP contribution in [0.5, 0.6) is 11.5 Å². The minimum absolute atomic E-state index is 0.494. The fraction of sp³-hybridized carbons (Fsp3) is 0.286. The Hall–Kier alpha value is -3.35. The van der Waals surface area contributed by atoms with E-state index in [2.05, 4.69) is 58.6 Å². The highest BCUT2D eigenvalue weighted by Gasteiger charge is 2.09. The molecular weight excluding hydrogens is 354 g/mol. The van der Waals surface area contributed by atoms with Gasteiger partial charge < -0.3 is 14.8 Å². The van der Waals surface area contributed by atoms with Crippen LogP contribution in [0.25, 0.3) is 0 Å². The lowest BCUT2D eigenvalue weighted by atomic mass is 10.1. The van der Waals surface area contributed by atoms with Gasteiger partial charge in [-0.3, -0.25) is 0 Å². The second kappa shape index (κ2) is 9.55. The highest BCUT2D eigenvalue weighted by atomic mass is 16.5. The van der Waals surface area contributed by atoms with E-state index in [1.165, 1.54) is 5.56 Å². The highest BCUT2D eigenvalue weighted by Crippen LogP contribution is 2.29. The van der Waals surface area contributed by atoms with Crippen molar-refractivity contribution in [1.82, 2.24) is 20.2 Å². The number of ether oxygens (including phenoxy) is 2. The van der Waals surface area contributed by atoms with Gasteiger partial charge in [0.25, 0.3) is 0 Å². The van der Waals surface area contributed by atoms with Crippen LogP contribution in [0.4, 0.5) is 5.95 Å². The van der Waals surface area contributed by atoms with Gasteiger partial charge >= 0.3 is 0 Å². The van der Waals surface area contributed by atoms with Crippen LogP contribution >= 0.6 is 0 Å². The predicted molar refractivity (Wildman–Crippen MR) is 108 cm³/mol. The lowest BCUT2D eigenvalue weighted by Crippen LogP contribution is -2.08. The Morgan fingerprint density at radius 2 is 1.86 bits per heavy atom. The van der Waals surface area contributed by atoms with Gasteiger partial charge in [0.2, 0.25) is 5.95 Å². The summed E-state index contributed by atoms with van der Waals surface area (Å²) >= 11 is 0. The maximum Gasteiger partial charge on any atom is 0.243 e. The number of hydrogen-bond acceptors (Lipinski definition) is 6. The molecule has 0 saturated carbocycles. The molecule has 1 aromatic heterocycles. The van der Waals surface area contributed by atoms with Crippen LogP contribution in [0.15, 0.2) is 55.1 Å². The first kappa shape index (κ1) is 19.4. The highest BCUT2D eigenvalue weighted by molar-refractivity contribution is 5.44. The number of aryl methyl sites for hydroxylation is 1. The van der Waals surface area contributed by atoms with Gasteiger partial charge in [-0.1, -0.05) is 47.1 Å². The number of anilines is 1. The zero-order valence-corrected chi connectivity index (χ0v) is 16.3. The molecule has 0 aliphatic heterocycles.